The van der Waals surface area contributed by atoms with Gasteiger partial charge in [0.05, 0.1) is 0 Å². The van der Waals surface area contributed by atoms with Crippen molar-refractivity contribution >= 4 is 45.1 Å². The number of carbonyl (C=O) groups is 1. The van der Waals surface area contributed by atoms with Crippen molar-refractivity contribution in [3.63, 3.8) is 0 Å². The van der Waals surface area contributed by atoms with E-state index in [4.69, 9.17) is 0 Å². The minimum Gasteiger partial charge on any atom is -0.361 e. The van der Waals surface area contributed by atoms with Crippen LogP contribution in [0.4, 0.5) is 5.69 Å². The van der Waals surface area contributed by atoms with Gasteiger partial charge in [0.2, 0.25) is 0 Å². The van der Waals surface area contributed by atoms with Gasteiger partial charge in [-0.25, -0.2) is 0 Å². The topological polar surface area (TPSA) is 44.9 Å². The molecule has 3 rings (SSSR count). The van der Waals surface area contributed by atoms with Crippen molar-refractivity contribution < 1.29 is 4.79 Å². The highest BCUT2D eigenvalue weighted by atomic mass is 127. The zero-order chi connectivity index (χ0) is 13.2. The molecule has 1 aromatic heterocycles. The first kappa shape index (κ1) is 12.2. The Hall–Kier alpha value is -1.82. The minimum atomic E-state index is -0.0925. The maximum Gasteiger partial charge on any atom is 0.255 e. The van der Waals surface area contributed by atoms with Gasteiger partial charge in [-0.05, 0) is 65.1 Å². The van der Waals surface area contributed by atoms with E-state index in [0.717, 1.165) is 20.2 Å². The molecule has 0 aliphatic heterocycles. The van der Waals surface area contributed by atoms with Crippen molar-refractivity contribution in [1.82, 2.24) is 4.98 Å². The minimum absolute atomic E-state index is 0.0925. The van der Waals surface area contributed by atoms with E-state index in [1.165, 1.54) is 0 Å². The number of nitrogens with one attached hydrogen (secondary N) is 2. The second kappa shape index (κ2) is 5.05. The Balaban J connectivity index is 1.87. The fraction of sp³-hybridized carbons (Fsp3) is 0. The van der Waals surface area contributed by atoms with Gasteiger partial charge in [0.1, 0.15) is 0 Å². The summed E-state index contributed by atoms with van der Waals surface area (Å²) in [6.45, 7) is 0. The number of benzene rings is 2. The van der Waals surface area contributed by atoms with E-state index >= 15 is 0 Å². The molecule has 0 fully saturated rings. The van der Waals surface area contributed by atoms with Crippen molar-refractivity contribution in [1.29, 1.82) is 0 Å². The standard InChI is InChI=1S/C15H11IN2O/c16-12-2-1-3-13(9-12)18-15(19)11-4-5-14-10(8-11)6-7-17-14/h1-9,17H,(H,18,19). The molecule has 2 aromatic carbocycles. The molecule has 0 atom stereocenters. The first-order chi connectivity index (χ1) is 9.22. The number of anilines is 1. The quantitative estimate of drug-likeness (QED) is 0.665. The van der Waals surface area contributed by atoms with E-state index in [-0.39, 0.29) is 5.91 Å². The molecule has 4 heteroatoms. The number of carbonyl (C=O) groups excluding carboxylic acids is 1. The number of halogens is 1. The van der Waals surface area contributed by atoms with Crippen molar-refractivity contribution in [2.75, 3.05) is 5.32 Å². The van der Waals surface area contributed by atoms with Crippen LogP contribution >= 0.6 is 22.6 Å². The van der Waals surface area contributed by atoms with Crippen molar-refractivity contribution in [3.05, 3.63) is 63.9 Å². The SMILES string of the molecule is O=C(Nc1cccc(I)c1)c1ccc2[nH]ccc2c1. The Kier molecular flexibility index (Phi) is 3.25. The maximum atomic E-state index is 12.2. The van der Waals surface area contributed by atoms with Crippen LogP contribution in [-0.4, -0.2) is 10.9 Å². The zero-order valence-electron chi connectivity index (χ0n) is 9.98. The van der Waals surface area contributed by atoms with Gasteiger partial charge in [-0.15, -0.1) is 0 Å². The first-order valence-electron chi connectivity index (χ1n) is 5.86. The van der Waals surface area contributed by atoms with Crippen molar-refractivity contribution in [2.24, 2.45) is 0 Å². The molecule has 1 amide bonds. The van der Waals surface area contributed by atoms with Gasteiger partial charge in [-0.3, -0.25) is 4.79 Å². The normalized spacial score (nSPS) is 10.6. The summed E-state index contributed by atoms with van der Waals surface area (Å²) in [5, 5.41) is 3.94. The average molecular weight is 362 g/mol. The molecule has 0 radical (unpaired) electrons. The van der Waals surface area contributed by atoms with E-state index in [1.807, 2.05) is 54.7 Å². The van der Waals surface area contributed by atoms with Crippen LogP contribution in [0.25, 0.3) is 10.9 Å². The second-order valence-corrected chi connectivity index (χ2v) is 5.49. The van der Waals surface area contributed by atoms with E-state index in [9.17, 15) is 4.79 Å². The van der Waals surface area contributed by atoms with E-state index in [2.05, 4.69) is 32.9 Å². The molecule has 3 aromatic rings. The van der Waals surface area contributed by atoms with Crippen LogP contribution in [0.2, 0.25) is 0 Å². The summed E-state index contributed by atoms with van der Waals surface area (Å²) < 4.78 is 1.09. The molecule has 94 valence electrons. The second-order valence-electron chi connectivity index (χ2n) is 4.24. The van der Waals surface area contributed by atoms with Gasteiger partial charge in [0, 0.05) is 31.9 Å². The summed E-state index contributed by atoms with van der Waals surface area (Å²) in [6.07, 6.45) is 1.87. The van der Waals surface area contributed by atoms with Crippen LogP contribution in [0.3, 0.4) is 0 Å². The van der Waals surface area contributed by atoms with Crippen LogP contribution < -0.4 is 5.32 Å². The van der Waals surface area contributed by atoms with Crippen LogP contribution in [0.1, 0.15) is 10.4 Å². The molecule has 2 N–H and O–H groups in total. The number of amides is 1. The van der Waals surface area contributed by atoms with Gasteiger partial charge in [-0.1, -0.05) is 6.07 Å². The molecule has 0 saturated carbocycles. The molecule has 3 nitrogen and oxygen atoms in total. The largest absolute Gasteiger partial charge is 0.361 e. The third-order valence-corrected chi connectivity index (χ3v) is 3.57. The van der Waals surface area contributed by atoms with E-state index in [1.54, 1.807) is 0 Å². The van der Waals surface area contributed by atoms with Gasteiger partial charge >= 0.3 is 0 Å². The van der Waals surface area contributed by atoms with Crippen molar-refractivity contribution in [2.45, 2.75) is 0 Å². The molecule has 0 aliphatic rings. The highest BCUT2D eigenvalue weighted by Gasteiger charge is 2.07. The molecular formula is C15H11IN2O. The number of hydrogen-bond acceptors (Lipinski definition) is 1. The van der Waals surface area contributed by atoms with Gasteiger partial charge in [0.15, 0.2) is 0 Å². The molecular weight excluding hydrogens is 351 g/mol. The molecule has 0 unspecified atom stereocenters. The first-order valence-corrected chi connectivity index (χ1v) is 6.94. The number of rotatable bonds is 2. The fourth-order valence-corrected chi connectivity index (χ4v) is 2.51. The van der Waals surface area contributed by atoms with Gasteiger partial charge in [0.25, 0.3) is 5.91 Å². The molecule has 0 saturated heterocycles. The summed E-state index contributed by atoms with van der Waals surface area (Å²) in [4.78, 5) is 15.3. The average Bonchev–Trinajstić information content (AvgIpc) is 2.85. The van der Waals surface area contributed by atoms with Crippen LogP contribution in [0, 0.1) is 3.57 Å². The van der Waals surface area contributed by atoms with Gasteiger partial charge < -0.3 is 10.3 Å². The number of fused-ring (bicyclic) bond motifs is 1. The summed E-state index contributed by atoms with van der Waals surface area (Å²) >= 11 is 2.22. The maximum absolute atomic E-state index is 12.2. The fourth-order valence-electron chi connectivity index (χ4n) is 1.96. The Bertz CT molecular complexity index is 748. The number of aromatic amines is 1. The predicted molar refractivity (Wildman–Crippen MR) is 85.4 cm³/mol. The van der Waals surface area contributed by atoms with Crippen LogP contribution in [0.15, 0.2) is 54.7 Å². The number of H-pyrrole nitrogens is 1. The Labute approximate surface area is 124 Å². The smallest absolute Gasteiger partial charge is 0.255 e. The number of hydrogen-bond donors (Lipinski definition) is 2. The van der Waals surface area contributed by atoms with Crippen LogP contribution in [0.5, 0.6) is 0 Å². The zero-order valence-corrected chi connectivity index (χ0v) is 12.1. The lowest BCUT2D eigenvalue weighted by atomic mass is 10.1. The third kappa shape index (κ3) is 2.63. The highest BCUT2D eigenvalue weighted by molar-refractivity contribution is 14.1. The predicted octanol–water partition coefficient (Wildman–Crippen LogP) is 4.02. The van der Waals surface area contributed by atoms with Crippen molar-refractivity contribution in [3.8, 4) is 0 Å². The Morgan fingerprint density at radius 3 is 2.84 bits per heavy atom. The highest BCUT2D eigenvalue weighted by Crippen LogP contribution is 2.17. The monoisotopic (exact) mass is 362 g/mol. The molecule has 1 heterocycles. The number of aromatic nitrogens is 1. The van der Waals surface area contributed by atoms with Crippen LogP contribution in [-0.2, 0) is 0 Å². The lowest BCUT2D eigenvalue weighted by molar-refractivity contribution is 0.102. The summed E-state index contributed by atoms with van der Waals surface area (Å²) in [5.74, 6) is -0.0925. The molecule has 0 bridgehead atoms. The molecule has 0 spiro atoms. The lowest BCUT2D eigenvalue weighted by Gasteiger charge is -2.05. The van der Waals surface area contributed by atoms with E-state index < -0.39 is 0 Å². The Morgan fingerprint density at radius 1 is 1.11 bits per heavy atom. The van der Waals surface area contributed by atoms with Gasteiger partial charge in [-0.2, -0.15) is 0 Å². The van der Waals surface area contributed by atoms with E-state index in [0.29, 0.717) is 5.56 Å². The summed E-state index contributed by atoms with van der Waals surface area (Å²) in [7, 11) is 0. The molecule has 19 heavy (non-hydrogen) atoms. The summed E-state index contributed by atoms with van der Waals surface area (Å²) in [5.41, 5.74) is 2.50. The Morgan fingerprint density at radius 2 is 2.00 bits per heavy atom. The molecule has 0 aliphatic carbocycles. The summed E-state index contributed by atoms with van der Waals surface area (Å²) in [6, 6.07) is 15.3. The third-order valence-electron chi connectivity index (χ3n) is 2.90. The lowest BCUT2D eigenvalue weighted by Crippen LogP contribution is -2.11.